The number of benzene rings is 1. The van der Waals surface area contributed by atoms with Crippen molar-refractivity contribution in [3.63, 3.8) is 0 Å². The van der Waals surface area contributed by atoms with Crippen LogP contribution in [-0.4, -0.2) is 45.8 Å². The molecule has 1 heterocycles. The zero-order valence-electron chi connectivity index (χ0n) is 18.7. The van der Waals surface area contributed by atoms with Crippen LogP contribution < -0.4 is 9.64 Å². The number of esters is 1. The molecule has 2 rings (SSSR count). The number of hydrogen-bond donors (Lipinski definition) is 0. The minimum atomic E-state index is -0.697. The van der Waals surface area contributed by atoms with E-state index in [4.69, 9.17) is 9.47 Å². The molecule has 0 saturated carbocycles. The lowest BCUT2D eigenvalue weighted by Gasteiger charge is -2.23. The van der Waals surface area contributed by atoms with E-state index in [1.165, 1.54) is 18.9 Å². The Kier molecular flexibility index (Phi) is 7.63. The van der Waals surface area contributed by atoms with Crippen molar-refractivity contribution in [1.29, 1.82) is 0 Å². The van der Waals surface area contributed by atoms with Crippen LogP contribution in [0.5, 0.6) is 11.6 Å². The Labute approximate surface area is 186 Å². The molecule has 32 heavy (non-hydrogen) atoms. The first-order valence-corrected chi connectivity index (χ1v) is 9.78. The van der Waals surface area contributed by atoms with Crippen LogP contribution in [-0.2, 0) is 16.0 Å². The second-order valence-corrected chi connectivity index (χ2v) is 8.02. The Morgan fingerprint density at radius 3 is 2.53 bits per heavy atom. The molecule has 0 saturated heterocycles. The molecule has 0 aliphatic heterocycles. The van der Waals surface area contributed by atoms with E-state index in [1.54, 1.807) is 45.0 Å². The van der Waals surface area contributed by atoms with Gasteiger partial charge in [-0.1, -0.05) is 6.08 Å². The van der Waals surface area contributed by atoms with Gasteiger partial charge in [0, 0.05) is 12.6 Å². The molecule has 0 aliphatic carbocycles. The maximum Gasteiger partial charge on any atom is 0.373 e. The molecule has 2 aromatic rings. The maximum absolute atomic E-state index is 12.2. The molecule has 10 nitrogen and oxygen atoms in total. The first-order valence-electron chi connectivity index (χ1n) is 9.78. The van der Waals surface area contributed by atoms with Crippen LogP contribution in [0.3, 0.4) is 0 Å². The minimum absolute atomic E-state index is 0.100. The third-order valence-corrected chi connectivity index (χ3v) is 4.14. The van der Waals surface area contributed by atoms with E-state index >= 15 is 0 Å². The number of ketones is 1. The SMILES string of the molecule is C=CCc1cc(C(C)=O)ccc1Oc1ncnc(N(C)CC(=O)OC(C)(C)C)c1[N+](=O)[O-]. The summed E-state index contributed by atoms with van der Waals surface area (Å²) in [6, 6.07) is 4.75. The summed E-state index contributed by atoms with van der Waals surface area (Å²) < 4.78 is 11.0. The van der Waals surface area contributed by atoms with Crippen molar-refractivity contribution < 1.29 is 24.0 Å². The van der Waals surface area contributed by atoms with Gasteiger partial charge in [-0.3, -0.25) is 19.7 Å². The third kappa shape index (κ3) is 6.34. The van der Waals surface area contributed by atoms with E-state index in [2.05, 4.69) is 16.5 Å². The quantitative estimate of drug-likeness (QED) is 0.187. The zero-order chi connectivity index (χ0) is 24.1. The van der Waals surface area contributed by atoms with Gasteiger partial charge in [0.15, 0.2) is 5.78 Å². The Morgan fingerprint density at radius 1 is 1.28 bits per heavy atom. The second kappa shape index (κ2) is 9.99. The Bertz CT molecular complexity index is 1050. The lowest BCUT2D eigenvalue weighted by Crippen LogP contribution is -2.33. The first kappa shape index (κ1) is 24.4. The first-order chi connectivity index (χ1) is 14.9. The smallest absolute Gasteiger partial charge is 0.373 e. The average Bonchev–Trinajstić information content (AvgIpc) is 2.67. The van der Waals surface area contributed by atoms with Gasteiger partial charge in [0.25, 0.3) is 0 Å². The summed E-state index contributed by atoms with van der Waals surface area (Å²) in [6.07, 6.45) is 3.11. The number of carbonyl (C=O) groups is 2. The summed E-state index contributed by atoms with van der Waals surface area (Å²) in [5, 5.41) is 11.8. The summed E-state index contributed by atoms with van der Waals surface area (Å²) in [4.78, 5) is 44.2. The van der Waals surface area contributed by atoms with Crippen LogP contribution in [0, 0.1) is 10.1 Å². The van der Waals surface area contributed by atoms with Gasteiger partial charge in [-0.2, -0.15) is 4.98 Å². The molecule has 0 spiro atoms. The molecule has 0 bridgehead atoms. The fourth-order valence-electron chi connectivity index (χ4n) is 2.83. The van der Waals surface area contributed by atoms with Crippen LogP contribution in [0.15, 0.2) is 37.2 Å². The summed E-state index contributed by atoms with van der Waals surface area (Å²) in [7, 11) is 1.48. The largest absolute Gasteiger partial charge is 0.459 e. The number of Topliss-reactive ketones (excluding diaryl/α,β-unsaturated/α-hetero) is 1. The minimum Gasteiger partial charge on any atom is -0.459 e. The number of allylic oxidation sites excluding steroid dienone is 1. The Hall–Kier alpha value is -3.82. The number of nitrogens with zero attached hydrogens (tertiary/aromatic N) is 4. The molecular formula is C22H26N4O6. The number of likely N-dealkylation sites (N-methyl/N-ethyl adjacent to an activating group) is 1. The molecule has 0 N–H and O–H groups in total. The number of ether oxygens (including phenoxy) is 2. The van der Waals surface area contributed by atoms with Gasteiger partial charge in [-0.15, -0.1) is 6.58 Å². The van der Waals surface area contributed by atoms with Gasteiger partial charge in [0.1, 0.15) is 24.2 Å². The highest BCUT2D eigenvalue weighted by atomic mass is 16.6. The van der Waals surface area contributed by atoms with Gasteiger partial charge in [-0.05, 0) is 57.9 Å². The Morgan fingerprint density at radius 2 is 1.97 bits per heavy atom. The summed E-state index contributed by atoms with van der Waals surface area (Å²) in [6.45, 7) is 10.0. The summed E-state index contributed by atoms with van der Waals surface area (Å²) >= 11 is 0. The number of hydrogen-bond acceptors (Lipinski definition) is 9. The monoisotopic (exact) mass is 442 g/mol. The normalized spacial score (nSPS) is 10.9. The van der Waals surface area contributed by atoms with Crippen LogP contribution in [0.1, 0.15) is 43.6 Å². The van der Waals surface area contributed by atoms with Crippen molar-refractivity contribution >= 4 is 23.3 Å². The molecule has 0 atom stereocenters. The van der Waals surface area contributed by atoms with Crippen molar-refractivity contribution in [2.75, 3.05) is 18.5 Å². The van der Waals surface area contributed by atoms with Gasteiger partial charge >= 0.3 is 17.5 Å². The molecular weight excluding hydrogens is 416 g/mol. The van der Waals surface area contributed by atoms with E-state index < -0.39 is 22.2 Å². The molecule has 0 unspecified atom stereocenters. The topological polar surface area (TPSA) is 125 Å². The van der Waals surface area contributed by atoms with Gasteiger partial charge in [0.05, 0.1) is 4.92 Å². The predicted octanol–water partition coefficient (Wildman–Crippen LogP) is 3.89. The van der Waals surface area contributed by atoms with Crippen molar-refractivity contribution in [2.24, 2.45) is 0 Å². The van der Waals surface area contributed by atoms with Crippen molar-refractivity contribution in [2.45, 2.75) is 39.7 Å². The van der Waals surface area contributed by atoms with Gasteiger partial charge < -0.3 is 14.4 Å². The van der Waals surface area contributed by atoms with Crippen LogP contribution in [0.2, 0.25) is 0 Å². The molecule has 10 heteroatoms. The van der Waals surface area contributed by atoms with Gasteiger partial charge in [-0.25, -0.2) is 4.98 Å². The number of anilines is 1. The summed E-state index contributed by atoms with van der Waals surface area (Å²) in [5.41, 5.74) is -0.107. The van der Waals surface area contributed by atoms with Crippen molar-refractivity contribution in [1.82, 2.24) is 9.97 Å². The lowest BCUT2D eigenvalue weighted by molar-refractivity contribution is -0.385. The second-order valence-electron chi connectivity index (χ2n) is 8.02. The van der Waals surface area contributed by atoms with E-state index in [0.29, 0.717) is 17.5 Å². The van der Waals surface area contributed by atoms with E-state index in [-0.39, 0.29) is 29.8 Å². The van der Waals surface area contributed by atoms with Crippen LogP contribution in [0.25, 0.3) is 0 Å². The molecule has 1 aromatic heterocycles. The van der Waals surface area contributed by atoms with Crippen LogP contribution in [0.4, 0.5) is 11.5 Å². The standard InChI is InChI=1S/C22H26N4O6/c1-7-8-16-11-15(14(2)27)9-10-17(16)31-21-19(26(29)30)20(23-13-24-21)25(6)12-18(28)32-22(3,4)5/h7,9-11,13H,1,8,12H2,2-6H3. The Balaban J connectivity index is 2.42. The fourth-order valence-corrected chi connectivity index (χ4v) is 2.83. The maximum atomic E-state index is 12.2. The number of nitro groups is 1. The van der Waals surface area contributed by atoms with Gasteiger partial charge in [0.2, 0.25) is 5.82 Å². The summed E-state index contributed by atoms with van der Waals surface area (Å²) in [5.74, 6) is -0.796. The molecule has 170 valence electrons. The lowest BCUT2D eigenvalue weighted by atomic mass is 10.0. The molecule has 0 fully saturated rings. The molecule has 1 aromatic carbocycles. The average molecular weight is 442 g/mol. The number of carbonyl (C=O) groups excluding carboxylic acids is 2. The van der Waals surface area contributed by atoms with Crippen LogP contribution >= 0.6 is 0 Å². The highest BCUT2D eigenvalue weighted by molar-refractivity contribution is 5.94. The molecule has 0 amide bonds. The van der Waals surface area contributed by atoms with Crippen molar-refractivity contribution in [3.8, 4) is 11.6 Å². The van der Waals surface area contributed by atoms with E-state index in [1.807, 2.05) is 0 Å². The van der Waals surface area contributed by atoms with E-state index in [9.17, 15) is 19.7 Å². The molecule has 0 aliphatic rings. The highest BCUT2D eigenvalue weighted by Crippen LogP contribution is 2.37. The number of rotatable bonds is 9. The molecule has 0 radical (unpaired) electrons. The third-order valence-electron chi connectivity index (χ3n) is 4.14. The zero-order valence-corrected chi connectivity index (χ0v) is 18.7. The van der Waals surface area contributed by atoms with E-state index in [0.717, 1.165) is 6.33 Å². The number of aromatic nitrogens is 2. The fraction of sp³-hybridized carbons (Fsp3) is 0.364. The highest BCUT2D eigenvalue weighted by Gasteiger charge is 2.29. The predicted molar refractivity (Wildman–Crippen MR) is 118 cm³/mol. The van der Waals surface area contributed by atoms with Crippen molar-refractivity contribution in [3.05, 3.63) is 58.4 Å².